The monoisotopic (exact) mass is 379 g/mol. The van der Waals surface area contributed by atoms with Crippen LogP contribution in [0.25, 0.3) is 0 Å². The number of nitrogens with zero attached hydrogens (tertiary/aromatic N) is 1. The van der Waals surface area contributed by atoms with Crippen molar-refractivity contribution in [3.63, 3.8) is 0 Å². The summed E-state index contributed by atoms with van der Waals surface area (Å²) in [4.78, 5) is 3.97. The lowest BCUT2D eigenvalue weighted by Gasteiger charge is -2.15. The van der Waals surface area contributed by atoms with Crippen LogP contribution in [0.4, 0.5) is 0 Å². The molecule has 2 aromatic heterocycles. The topological polar surface area (TPSA) is 50.9 Å². The van der Waals surface area contributed by atoms with Crippen molar-refractivity contribution >= 4 is 45.5 Å². The van der Waals surface area contributed by atoms with Gasteiger partial charge in [0.2, 0.25) is 0 Å². The van der Waals surface area contributed by atoms with E-state index in [0.717, 1.165) is 12.0 Å². The fourth-order valence-electron chi connectivity index (χ4n) is 1.57. The van der Waals surface area contributed by atoms with Gasteiger partial charge in [-0.15, -0.1) is 11.3 Å². The summed E-state index contributed by atoms with van der Waals surface area (Å²) in [5, 5.41) is 2.79. The minimum atomic E-state index is 0.0784. The first kappa shape index (κ1) is 13.2. The summed E-state index contributed by atoms with van der Waals surface area (Å²) in [6.07, 6.45) is 4.15. The van der Waals surface area contributed by atoms with E-state index in [1.165, 1.54) is 8.45 Å². The molecule has 90 valence electrons. The number of aromatic nitrogens is 1. The molecule has 0 radical (unpaired) electrons. The van der Waals surface area contributed by atoms with Crippen molar-refractivity contribution in [1.82, 2.24) is 10.4 Å². The van der Waals surface area contributed by atoms with E-state index in [1.807, 2.05) is 6.07 Å². The van der Waals surface area contributed by atoms with Crippen LogP contribution >= 0.6 is 45.5 Å². The van der Waals surface area contributed by atoms with Crippen LogP contribution in [0.1, 0.15) is 17.2 Å². The Labute approximate surface area is 123 Å². The Morgan fingerprint density at radius 1 is 1.59 bits per heavy atom. The van der Waals surface area contributed by atoms with Crippen LogP contribution in [0.3, 0.4) is 0 Å². The van der Waals surface area contributed by atoms with Crippen molar-refractivity contribution in [2.45, 2.75) is 12.5 Å². The first-order valence-electron chi connectivity index (χ1n) is 4.99. The molecule has 0 aliphatic rings. The van der Waals surface area contributed by atoms with Gasteiger partial charge in [-0.1, -0.05) is 11.6 Å². The molecule has 3 nitrogen and oxygen atoms in total. The average molecular weight is 380 g/mol. The number of nitrogens with one attached hydrogen (secondary N) is 1. The van der Waals surface area contributed by atoms with Gasteiger partial charge in [0.05, 0.1) is 13.9 Å². The maximum atomic E-state index is 6.09. The standard InChI is InChI=1S/C11H11ClIN3S/c12-9-5-15-2-1-7(9)3-10(16-14)8-4-11(13)17-6-8/h1-2,4-6,10,16H,3,14H2. The molecular weight excluding hydrogens is 369 g/mol. The van der Waals surface area contributed by atoms with E-state index in [1.54, 1.807) is 23.7 Å². The number of pyridine rings is 1. The van der Waals surface area contributed by atoms with Crippen LogP contribution in [0.15, 0.2) is 29.9 Å². The molecule has 0 aliphatic carbocycles. The number of nitrogens with two attached hydrogens (primary N) is 1. The maximum Gasteiger partial charge on any atom is 0.0656 e. The van der Waals surface area contributed by atoms with Gasteiger partial charge in [0, 0.05) is 12.4 Å². The first-order chi connectivity index (χ1) is 8.20. The minimum Gasteiger partial charge on any atom is -0.271 e. The number of hydrazine groups is 1. The van der Waals surface area contributed by atoms with Crippen LogP contribution in [0.5, 0.6) is 0 Å². The lowest BCUT2D eigenvalue weighted by Crippen LogP contribution is -2.29. The molecule has 0 bridgehead atoms. The lowest BCUT2D eigenvalue weighted by molar-refractivity contribution is 0.553. The lowest BCUT2D eigenvalue weighted by atomic mass is 10.0. The predicted octanol–water partition coefficient (Wildman–Crippen LogP) is 3.15. The quantitative estimate of drug-likeness (QED) is 0.487. The number of halogens is 2. The Morgan fingerprint density at radius 3 is 3.00 bits per heavy atom. The summed E-state index contributed by atoms with van der Waals surface area (Å²) in [7, 11) is 0. The molecule has 2 rings (SSSR count). The first-order valence-corrected chi connectivity index (χ1v) is 7.33. The van der Waals surface area contributed by atoms with Crippen molar-refractivity contribution in [3.8, 4) is 0 Å². The second-order valence-corrected chi connectivity index (χ2v) is 6.79. The third-order valence-corrected chi connectivity index (χ3v) is 4.62. The zero-order valence-electron chi connectivity index (χ0n) is 8.86. The van der Waals surface area contributed by atoms with E-state index in [4.69, 9.17) is 17.4 Å². The van der Waals surface area contributed by atoms with Gasteiger partial charge in [0.25, 0.3) is 0 Å². The molecule has 0 fully saturated rings. The van der Waals surface area contributed by atoms with Gasteiger partial charge in [0.1, 0.15) is 0 Å². The Kier molecular flexibility index (Phi) is 4.75. The normalized spacial score (nSPS) is 12.6. The number of thiophene rings is 1. The summed E-state index contributed by atoms with van der Waals surface area (Å²) in [5.41, 5.74) is 5.07. The fraction of sp³-hybridized carbons (Fsp3) is 0.182. The summed E-state index contributed by atoms with van der Waals surface area (Å²) >= 11 is 10.1. The fourth-order valence-corrected chi connectivity index (χ4v) is 3.19. The van der Waals surface area contributed by atoms with Gasteiger partial charge in [-0.25, -0.2) is 0 Å². The van der Waals surface area contributed by atoms with E-state index in [0.29, 0.717) is 5.02 Å². The van der Waals surface area contributed by atoms with Crippen LogP contribution in [-0.2, 0) is 6.42 Å². The smallest absolute Gasteiger partial charge is 0.0656 e. The van der Waals surface area contributed by atoms with Crippen LogP contribution < -0.4 is 11.3 Å². The van der Waals surface area contributed by atoms with E-state index in [9.17, 15) is 0 Å². The molecule has 0 aromatic carbocycles. The molecule has 0 saturated heterocycles. The summed E-state index contributed by atoms with van der Waals surface area (Å²) in [5.74, 6) is 5.61. The molecule has 3 N–H and O–H groups in total. The Balaban J connectivity index is 2.18. The molecule has 2 heterocycles. The molecule has 0 spiro atoms. The van der Waals surface area contributed by atoms with Gasteiger partial charge in [0.15, 0.2) is 0 Å². The molecule has 1 unspecified atom stereocenters. The molecule has 2 aromatic rings. The molecule has 6 heteroatoms. The highest BCUT2D eigenvalue weighted by atomic mass is 127. The second kappa shape index (κ2) is 6.10. The molecule has 0 aliphatic heterocycles. The second-order valence-electron chi connectivity index (χ2n) is 3.57. The SMILES string of the molecule is NNC(Cc1ccncc1Cl)c1csc(I)c1. The summed E-state index contributed by atoms with van der Waals surface area (Å²) < 4.78 is 1.25. The van der Waals surface area contributed by atoms with Crippen molar-refractivity contribution in [2.75, 3.05) is 0 Å². The zero-order chi connectivity index (χ0) is 12.3. The minimum absolute atomic E-state index is 0.0784. The third-order valence-electron chi connectivity index (χ3n) is 2.47. The van der Waals surface area contributed by atoms with Gasteiger partial charge >= 0.3 is 0 Å². The van der Waals surface area contributed by atoms with E-state index in [-0.39, 0.29) is 6.04 Å². The molecule has 17 heavy (non-hydrogen) atoms. The highest BCUT2D eigenvalue weighted by Gasteiger charge is 2.13. The highest BCUT2D eigenvalue weighted by Crippen LogP contribution is 2.26. The van der Waals surface area contributed by atoms with Crippen LogP contribution in [-0.4, -0.2) is 4.98 Å². The van der Waals surface area contributed by atoms with E-state index in [2.05, 4.69) is 44.4 Å². The van der Waals surface area contributed by atoms with E-state index >= 15 is 0 Å². The van der Waals surface area contributed by atoms with Crippen molar-refractivity contribution in [1.29, 1.82) is 0 Å². The van der Waals surface area contributed by atoms with Gasteiger partial charge in [-0.05, 0) is 57.7 Å². The van der Waals surface area contributed by atoms with Crippen molar-refractivity contribution in [3.05, 3.63) is 48.9 Å². The number of rotatable bonds is 4. The highest BCUT2D eigenvalue weighted by molar-refractivity contribution is 14.1. The Hall–Kier alpha value is -0.210. The maximum absolute atomic E-state index is 6.09. The third kappa shape index (κ3) is 3.38. The molecular formula is C11H11ClIN3S. The zero-order valence-corrected chi connectivity index (χ0v) is 12.6. The summed E-state index contributed by atoms with van der Waals surface area (Å²) in [6, 6.07) is 4.13. The Morgan fingerprint density at radius 2 is 2.41 bits per heavy atom. The van der Waals surface area contributed by atoms with Crippen molar-refractivity contribution < 1.29 is 0 Å². The van der Waals surface area contributed by atoms with Crippen LogP contribution in [0.2, 0.25) is 5.02 Å². The van der Waals surface area contributed by atoms with Crippen LogP contribution in [0, 0.1) is 2.88 Å². The number of hydrogen-bond acceptors (Lipinski definition) is 4. The predicted molar refractivity (Wildman–Crippen MR) is 80.1 cm³/mol. The Bertz CT molecular complexity index is 503. The average Bonchev–Trinajstić information content (AvgIpc) is 2.75. The van der Waals surface area contributed by atoms with E-state index < -0.39 is 0 Å². The van der Waals surface area contributed by atoms with Crippen molar-refractivity contribution in [2.24, 2.45) is 5.84 Å². The largest absolute Gasteiger partial charge is 0.271 e. The summed E-state index contributed by atoms with van der Waals surface area (Å²) in [6.45, 7) is 0. The molecule has 1 atom stereocenters. The van der Waals surface area contributed by atoms with Gasteiger partial charge in [-0.2, -0.15) is 0 Å². The molecule has 0 saturated carbocycles. The number of hydrogen-bond donors (Lipinski definition) is 2. The van der Waals surface area contributed by atoms with Gasteiger partial charge < -0.3 is 0 Å². The molecule has 0 amide bonds. The van der Waals surface area contributed by atoms with Gasteiger partial charge in [-0.3, -0.25) is 16.3 Å².